The van der Waals surface area contributed by atoms with E-state index < -0.39 is 6.10 Å². The number of para-hydroxylation sites is 1. The Balaban J connectivity index is 1.74. The van der Waals surface area contributed by atoms with Crippen molar-refractivity contribution in [3.63, 3.8) is 0 Å². The molecule has 0 aliphatic carbocycles. The smallest absolute Gasteiger partial charge is 0.255 e. The van der Waals surface area contributed by atoms with Crippen LogP contribution in [0.3, 0.4) is 0 Å². The summed E-state index contributed by atoms with van der Waals surface area (Å²) in [4.78, 5) is 26.7. The third-order valence-electron chi connectivity index (χ3n) is 4.28. The van der Waals surface area contributed by atoms with E-state index >= 15 is 0 Å². The number of amides is 2. The zero-order valence-corrected chi connectivity index (χ0v) is 12.7. The third-order valence-corrected chi connectivity index (χ3v) is 4.28. The van der Waals surface area contributed by atoms with Crippen molar-refractivity contribution in [1.82, 2.24) is 4.90 Å². The molecule has 1 N–H and O–H groups in total. The number of benzene rings is 1. The summed E-state index contributed by atoms with van der Waals surface area (Å²) in [5, 5.41) is 2.86. The van der Waals surface area contributed by atoms with Gasteiger partial charge in [-0.1, -0.05) is 12.1 Å². The lowest BCUT2D eigenvalue weighted by Gasteiger charge is -2.27. The molecule has 0 saturated carbocycles. The second-order valence-corrected chi connectivity index (χ2v) is 5.89. The highest BCUT2D eigenvalue weighted by Crippen LogP contribution is 2.21. The minimum Gasteiger partial charge on any atom is -0.368 e. The van der Waals surface area contributed by atoms with Crippen molar-refractivity contribution < 1.29 is 14.3 Å². The number of hydrogen-bond acceptors (Lipinski definition) is 3. The molecule has 118 valence electrons. The van der Waals surface area contributed by atoms with Gasteiger partial charge in [-0.15, -0.1) is 0 Å². The van der Waals surface area contributed by atoms with Crippen molar-refractivity contribution >= 4 is 17.5 Å². The molecule has 2 aliphatic rings. The number of anilines is 1. The van der Waals surface area contributed by atoms with Crippen molar-refractivity contribution in [2.45, 2.75) is 38.2 Å². The van der Waals surface area contributed by atoms with E-state index in [0.29, 0.717) is 17.9 Å². The normalized spacial score (nSPS) is 21.6. The maximum atomic E-state index is 12.7. The fraction of sp³-hybridized carbons (Fsp3) is 0.529. The van der Waals surface area contributed by atoms with Crippen molar-refractivity contribution in [2.24, 2.45) is 0 Å². The molecule has 1 unspecified atom stereocenters. The van der Waals surface area contributed by atoms with E-state index in [4.69, 9.17) is 4.74 Å². The molecule has 22 heavy (non-hydrogen) atoms. The molecule has 0 aromatic heterocycles. The van der Waals surface area contributed by atoms with E-state index in [9.17, 15) is 9.59 Å². The van der Waals surface area contributed by atoms with Crippen molar-refractivity contribution in [2.75, 3.05) is 25.0 Å². The predicted molar refractivity (Wildman–Crippen MR) is 83.8 cm³/mol. The molecule has 2 saturated heterocycles. The molecule has 5 heteroatoms. The van der Waals surface area contributed by atoms with Crippen LogP contribution < -0.4 is 5.32 Å². The van der Waals surface area contributed by atoms with Crippen LogP contribution in [0.4, 0.5) is 5.69 Å². The number of hydrogen-bond donors (Lipinski definition) is 1. The Bertz CT molecular complexity index is 547. The molecule has 3 rings (SSSR count). The van der Waals surface area contributed by atoms with Crippen molar-refractivity contribution in [1.29, 1.82) is 0 Å². The monoisotopic (exact) mass is 302 g/mol. The first-order valence-corrected chi connectivity index (χ1v) is 8.06. The fourth-order valence-electron chi connectivity index (χ4n) is 3.04. The maximum Gasteiger partial charge on any atom is 0.255 e. The molecule has 1 atom stereocenters. The lowest BCUT2D eigenvalue weighted by atomic mass is 10.1. The van der Waals surface area contributed by atoms with E-state index in [1.54, 1.807) is 12.1 Å². The molecular formula is C17H22N2O3. The van der Waals surface area contributed by atoms with Gasteiger partial charge in [0.1, 0.15) is 6.10 Å². The summed E-state index contributed by atoms with van der Waals surface area (Å²) in [6, 6.07) is 7.23. The summed E-state index contributed by atoms with van der Waals surface area (Å²) in [6.07, 6.45) is 4.55. The summed E-state index contributed by atoms with van der Waals surface area (Å²) in [5.74, 6) is -0.153. The number of rotatable bonds is 3. The number of nitrogens with zero attached hydrogens (tertiary/aromatic N) is 1. The summed E-state index contributed by atoms with van der Waals surface area (Å²) >= 11 is 0. The highest BCUT2D eigenvalue weighted by Gasteiger charge is 2.26. The molecule has 1 aromatic rings. The quantitative estimate of drug-likeness (QED) is 0.933. The molecule has 5 nitrogen and oxygen atoms in total. The number of likely N-dealkylation sites (tertiary alicyclic amines) is 1. The summed E-state index contributed by atoms with van der Waals surface area (Å²) in [5.41, 5.74) is 1.15. The summed E-state index contributed by atoms with van der Waals surface area (Å²) < 4.78 is 5.40. The molecule has 0 bridgehead atoms. The Morgan fingerprint density at radius 1 is 1.09 bits per heavy atom. The molecular weight excluding hydrogens is 280 g/mol. The standard InChI is InChI=1S/C17H22N2O3/c20-16(15-9-6-12-22-15)18-14-8-3-2-7-13(14)17(21)19-10-4-1-5-11-19/h2-3,7-8,15H,1,4-6,9-12H2,(H,18,20). The Hall–Kier alpha value is -1.88. The van der Waals surface area contributed by atoms with Crippen LogP contribution in [-0.4, -0.2) is 42.5 Å². The molecule has 2 aliphatic heterocycles. The first-order chi connectivity index (χ1) is 10.8. The molecule has 2 amide bonds. The van der Waals surface area contributed by atoms with Crippen molar-refractivity contribution in [3.05, 3.63) is 29.8 Å². The van der Waals surface area contributed by atoms with Gasteiger partial charge in [0.15, 0.2) is 0 Å². The highest BCUT2D eigenvalue weighted by atomic mass is 16.5. The second kappa shape index (κ2) is 6.92. The van der Waals surface area contributed by atoms with E-state index in [0.717, 1.165) is 38.8 Å². The number of carbonyl (C=O) groups excluding carboxylic acids is 2. The number of carbonyl (C=O) groups is 2. The van der Waals surface area contributed by atoms with E-state index in [1.165, 1.54) is 6.42 Å². The zero-order valence-electron chi connectivity index (χ0n) is 12.7. The minimum atomic E-state index is -0.391. The zero-order chi connectivity index (χ0) is 15.4. The minimum absolute atomic E-state index is 0.00272. The Morgan fingerprint density at radius 3 is 2.59 bits per heavy atom. The third kappa shape index (κ3) is 3.30. The van der Waals surface area contributed by atoms with E-state index in [-0.39, 0.29) is 11.8 Å². The van der Waals surface area contributed by atoms with Crippen LogP contribution in [0.5, 0.6) is 0 Å². The Morgan fingerprint density at radius 2 is 1.86 bits per heavy atom. The number of nitrogens with one attached hydrogen (secondary N) is 1. The topological polar surface area (TPSA) is 58.6 Å². The van der Waals surface area contributed by atoms with Crippen LogP contribution in [-0.2, 0) is 9.53 Å². The fourth-order valence-corrected chi connectivity index (χ4v) is 3.04. The second-order valence-electron chi connectivity index (χ2n) is 5.89. The van der Waals surface area contributed by atoms with Gasteiger partial charge >= 0.3 is 0 Å². The van der Waals surface area contributed by atoms with Gasteiger partial charge in [0.2, 0.25) is 0 Å². The van der Waals surface area contributed by atoms with Crippen LogP contribution in [0.1, 0.15) is 42.5 Å². The lowest BCUT2D eigenvalue weighted by Crippen LogP contribution is -2.36. The average molecular weight is 302 g/mol. The highest BCUT2D eigenvalue weighted by molar-refractivity contribution is 6.04. The predicted octanol–water partition coefficient (Wildman–Crippen LogP) is 2.43. The van der Waals surface area contributed by atoms with E-state index in [1.807, 2.05) is 17.0 Å². The van der Waals surface area contributed by atoms with Gasteiger partial charge < -0.3 is 15.0 Å². The van der Waals surface area contributed by atoms with Crippen LogP contribution >= 0.6 is 0 Å². The van der Waals surface area contributed by atoms with Crippen LogP contribution in [0, 0.1) is 0 Å². The van der Waals surface area contributed by atoms with Crippen LogP contribution in [0.15, 0.2) is 24.3 Å². The maximum absolute atomic E-state index is 12.7. The lowest BCUT2D eigenvalue weighted by molar-refractivity contribution is -0.124. The molecule has 0 spiro atoms. The molecule has 0 radical (unpaired) electrons. The average Bonchev–Trinajstić information content (AvgIpc) is 3.10. The Kier molecular flexibility index (Phi) is 4.73. The first-order valence-electron chi connectivity index (χ1n) is 8.06. The van der Waals surface area contributed by atoms with Gasteiger partial charge in [0.05, 0.1) is 11.3 Å². The van der Waals surface area contributed by atoms with Crippen LogP contribution in [0.2, 0.25) is 0 Å². The van der Waals surface area contributed by atoms with E-state index in [2.05, 4.69) is 5.32 Å². The van der Waals surface area contributed by atoms with Gasteiger partial charge in [-0.05, 0) is 44.2 Å². The number of piperidine rings is 1. The molecule has 1 aromatic carbocycles. The number of ether oxygens (including phenoxy) is 1. The SMILES string of the molecule is O=C(Nc1ccccc1C(=O)N1CCCCC1)C1CCCO1. The summed E-state index contributed by atoms with van der Waals surface area (Å²) in [6.45, 7) is 2.23. The van der Waals surface area contributed by atoms with Crippen molar-refractivity contribution in [3.8, 4) is 0 Å². The van der Waals surface area contributed by atoms with Gasteiger partial charge in [-0.2, -0.15) is 0 Å². The van der Waals surface area contributed by atoms with Gasteiger partial charge in [0, 0.05) is 19.7 Å². The Labute approximate surface area is 130 Å². The van der Waals surface area contributed by atoms with Gasteiger partial charge in [-0.3, -0.25) is 9.59 Å². The van der Waals surface area contributed by atoms with Crippen LogP contribution in [0.25, 0.3) is 0 Å². The molecule has 2 heterocycles. The first kappa shape index (κ1) is 15.0. The molecule has 2 fully saturated rings. The van der Waals surface area contributed by atoms with Gasteiger partial charge in [0.25, 0.3) is 11.8 Å². The van der Waals surface area contributed by atoms with Gasteiger partial charge in [-0.25, -0.2) is 0 Å². The summed E-state index contributed by atoms with van der Waals surface area (Å²) in [7, 11) is 0. The largest absolute Gasteiger partial charge is 0.368 e.